The topological polar surface area (TPSA) is 0 Å². The molecule has 0 bridgehead atoms. The zero-order valence-corrected chi connectivity index (χ0v) is 13.8. The van der Waals surface area contributed by atoms with E-state index in [4.69, 9.17) is 0 Å². The molecule has 0 heterocycles. The highest BCUT2D eigenvalue weighted by Gasteiger charge is 1.90. The minimum atomic E-state index is 1.36. The van der Waals surface area contributed by atoms with E-state index in [0.29, 0.717) is 0 Å². The number of hydrogen-bond donors (Lipinski definition) is 0. The minimum Gasteiger partial charge on any atom is -0.162 e. The lowest BCUT2D eigenvalue weighted by Gasteiger charge is -2.00. The summed E-state index contributed by atoms with van der Waals surface area (Å²) in [5, 5.41) is 0. The largest absolute Gasteiger partial charge is 0.162 e. The Morgan fingerprint density at radius 1 is 0.667 bits per heavy atom. The van der Waals surface area contributed by atoms with Crippen LogP contribution < -0.4 is 0 Å². The van der Waals surface area contributed by atoms with Crippen LogP contribution in [0.2, 0.25) is 0 Å². The Bertz CT molecular complexity index is 76.6. The summed E-state index contributed by atoms with van der Waals surface area (Å²) in [7, 11) is 0. The zero-order valence-electron chi connectivity index (χ0n) is 10.9. The number of hydrogen-bond acceptors (Lipinski definition) is 1. The molecule has 0 rings (SSSR count). The van der Waals surface area contributed by atoms with Crippen LogP contribution in [-0.2, 0) is 0 Å². The minimum absolute atomic E-state index is 1.36. The van der Waals surface area contributed by atoms with Gasteiger partial charge in [0, 0.05) is 0 Å². The Labute approximate surface area is 116 Å². The molecular weight excluding hydrogens is 315 g/mol. The Hall–Kier alpha value is 1.08. The SMILES string of the molecule is CCCCCCSCCCCCC.CI. The fourth-order valence-corrected chi connectivity index (χ4v) is 2.38. The summed E-state index contributed by atoms with van der Waals surface area (Å²) >= 11 is 4.30. The van der Waals surface area contributed by atoms with Crippen molar-refractivity contribution in [1.82, 2.24) is 0 Å². The molecule has 0 atom stereocenters. The molecule has 0 spiro atoms. The van der Waals surface area contributed by atoms with Crippen molar-refractivity contribution < 1.29 is 0 Å². The standard InChI is InChI=1S/C12H26S.CH3I/c1-3-5-7-9-11-13-12-10-8-6-4-2;1-2/h3-12H2,1-2H3;1H3. The third-order valence-electron chi connectivity index (χ3n) is 2.28. The van der Waals surface area contributed by atoms with Crippen molar-refractivity contribution in [3.8, 4) is 0 Å². The zero-order chi connectivity index (χ0) is 11.8. The average molecular weight is 344 g/mol. The molecule has 0 saturated heterocycles. The second-order valence-electron chi connectivity index (χ2n) is 3.73. The Kier molecular flexibility index (Phi) is 25.2. The van der Waals surface area contributed by atoms with Gasteiger partial charge in [0.25, 0.3) is 0 Å². The molecule has 0 amide bonds. The second kappa shape index (κ2) is 20.5. The molecule has 2 heteroatoms. The molecule has 0 nitrogen and oxygen atoms in total. The fraction of sp³-hybridized carbons (Fsp3) is 1.00. The molecule has 15 heavy (non-hydrogen) atoms. The van der Waals surface area contributed by atoms with E-state index in [1.807, 2.05) is 4.93 Å². The van der Waals surface area contributed by atoms with Crippen molar-refractivity contribution in [1.29, 1.82) is 0 Å². The van der Waals surface area contributed by atoms with Gasteiger partial charge in [-0.1, -0.05) is 75.0 Å². The highest BCUT2D eigenvalue weighted by Crippen LogP contribution is 2.10. The van der Waals surface area contributed by atoms with E-state index in [9.17, 15) is 0 Å². The quantitative estimate of drug-likeness (QED) is 0.269. The molecule has 0 aliphatic carbocycles. The van der Waals surface area contributed by atoms with E-state index in [1.54, 1.807) is 0 Å². The molecule has 0 N–H and O–H groups in total. The summed E-state index contributed by atoms with van der Waals surface area (Å²) in [6.07, 6.45) is 11.3. The molecular formula is C13H29IS. The lowest BCUT2D eigenvalue weighted by molar-refractivity contribution is 0.700. The molecule has 0 radical (unpaired) electrons. The van der Waals surface area contributed by atoms with Crippen molar-refractivity contribution >= 4 is 34.4 Å². The molecule has 94 valence electrons. The molecule has 0 fully saturated rings. The maximum absolute atomic E-state index is 2.28. The number of alkyl halides is 1. The van der Waals surface area contributed by atoms with E-state index in [1.165, 1.54) is 62.9 Å². The Morgan fingerprint density at radius 2 is 1.07 bits per heavy atom. The van der Waals surface area contributed by atoms with Gasteiger partial charge in [0.1, 0.15) is 0 Å². The van der Waals surface area contributed by atoms with E-state index in [0.717, 1.165) is 0 Å². The van der Waals surface area contributed by atoms with Gasteiger partial charge in [0.05, 0.1) is 0 Å². The van der Waals surface area contributed by atoms with Crippen LogP contribution in [0.25, 0.3) is 0 Å². The molecule has 0 aromatic heterocycles. The van der Waals surface area contributed by atoms with E-state index in [-0.39, 0.29) is 0 Å². The first kappa shape index (κ1) is 18.4. The number of halogens is 1. The lowest BCUT2D eigenvalue weighted by Crippen LogP contribution is -1.85. The lowest BCUT2D eigenvalue weighted by atomic mass is 10.2. The van der Waals surface area contributed by atoms with E-state index >= 15 is 0 Å². The van der Waals surface area contributed by atoms with Crippen LogP contribution in [-0.4, -0.2) is 16.4 Å². The maximum atomic E-state index is 2.28. The molecule has 0 aromatic carbocycles. The van der Waals surface area contributed by atoms with Crippen LogP contribution >= 0.6 is 34.4 Å². The van der Waals surface area contributed by atoms with Gasteiger partial charge in [-0.25, -0.2) is 0 Å². The highest BCUT2D eigenvalue weighted by molar-refractivity contribution is 14.1. The predicted molar refractivity (Wildman–Crippen MR) is 85.6 cm³/mol. The van der Waals surface area contributed by atoms with E-state index in [2.05, 4.69) is 48.2 Å². The summed E-state index contributed by atoms with van der Waals surface area (Å²) < 4.78 is 0. The van der Waals surface area contributed by atoms with Gasteiger partial charge >= 0.3 is 0 Å². The highest BCUT2D eigenvalue weighted by atomic mass is 127. The molecule has 0 aliphatic rings. The maximum Gasteiger partial charge on any atom is -0.00675 e. The van der Waals surface area contributed by atoms with Crippen molar-refractivity contribution in [2.24, 2.45) is 0 Å². The van der Waals surface area contributed by atoms with Crippen molar-refractivity contribution in [3.05, 3.63) is 0 Å². The third kappa shape index (κ3) is 21.0. The van der Waals surface area contributed by atoms with Gasteiger partial charge < -0.3 is 0 Å². The predicted octanol–water partition coefficient (Wildman–Crippen LogP) is 5.93. The summed E-state index contributed by atoms with van der Waals surface area (Å²) in [6.45, 7) is 4.55. The van der Waals surface area contributed by atoms with Crippen molar-refractivity contribution in [2.45, 2.75) is 65.2 Å². The molecule has 0 saturated carbocycles. The summed E-state index contributed by atoms with van der Waals surface area (Å²) in [5.74, 6) is 2.79. The van der Waals surface area contributed by atoms with Crippen molar-refractivity contribution in [2.75, 3.05) is 16.4 Å². The molecule has 0 aliphatic heterocycles. The van der Waals surface area contributed by atoms with Gasteiger partial charge in [-0.2, -0.15) is 11.8 Å². The first-order chi connectivity index (χ1) is 7.41. The number of thioether (sulfide) groups is 1. The van der Waals surface area contributed by atoms with Crippen LogP contribution in [0.1, 0.15) is 65.2 Å². The third-order valence-corrected chi connectivity index (χ3v) is 3.44. The summed E-state index contributed by atoms with van der Waals surface area (Å²) in [6, 6.07) is 0. The van der Waals surface area contributed by atoms with Gasteiger partial charge in [-0.15, -0.1) is 0 Å². The van der Waals surface area contributed by atoms with Crippen LogP contribution in [0, 0.1) is 0 Å². The van der Waals surface area contributed by atoms with Crippen LogP contribution in [0.5, 0.6) is 0 Å². The summed E-state index contributed by atoms with van der Waals surface area (Å²) in [4.78, 5) is 1.97. The van der Waals surface area contributed by atoms with Crippen molar-refractivity contribution in [3.63, 3.8) is 0 Å². The number of rotatable bonds is 10. The van der Waals surface area contributed by atoms with Crippen LogP contribution in [0.3, 0.4) is 0 Å². The Morgan fingerprint density at radius 3 is 1.40 bits per heavy atom. The fourth-order valence-electron chi connectivity index (χ4n) is 1.36. The van der Waals surface area contributed by atoms with Gasteiger partial charge in [0.2, 0.25) is 0 Å². The summed E-state index contributed by atoms with van der Waals surface area (Å²) in [5.41, 5.74) is 0. The first-order valence-corrected chi connectivity index (χ1v) is 9.68. The van der Waals surface area contributed by atoms with Gasteiger partial charge in [0.15, 0.2) is 0 Å². The van der Waals surface area contributed by atoms with Gasteiger partial charge in [-0.3, -0.25) is 0 Å². The smallest absolute Gasteiger partial charge is 0.00675 e. The monoisotopic (exact) mass is 344 g/mol. The first-order valence-electron chi connectivity index (χ1n) is 6.37. The van der Waals surface area contributed by atoms with Crippen LogP contribution in [0.4, 0.5) is 0 Å². The van der Waals surface area contributed by atoms with E-state index < -0.39 is 0 Å². The van der Waals surface area contributed by atoms with Crippen LogP contribution in [0.15, 0.2) is 0 Å². The second-order valence-corrected chi connectivity index (χ2v) is 4.96. The molecule has 0 aromatic rings. The Balaban J connectivity index is 0. The average Bonchev–Trinajstić information content (AvgIpc) is 2.30. The number of unbranched alkanes of at least 4 members (excludes halogenated alkanes) is 6. The normalized spacial score (nSPS) is 9.60. The van der Waals surface area contributed by atoms with Gasteiger partial charge in [-0.05, 0) is 29.3 Å². The molecule has 0 unspecified atom stereocenters.